The van der Waals surface area contributed by atoms with Gasteiger partial charge < -0.3 is 9.80 Å². The Morgan fingerprint density at radius 1 is 1.44 bits per heavy atom. The highest BCUT2D eigenvalue weighted by Crippen LogP contribution is 2.19. The molecule has 1 saturated heterocycles. The summed E-state index contributed by atoms with van der Waals surface area (Å²) in [7, 11) is 2.13. The van der Waals surface area contributed by atoms with E-state index in [4.69, 9.17) is 0 Å². The van der Waals surface area contributed by atoms with Gasteiger partial charge in [0.15, 0.2) is 0 Å². The van der Waals surface area contributed by atoms with Crippen molar-refractivity contribution in [3.8, 4) is 0 Å². The summed E-state index contributed by atoms with van der Waals surface area (Å²) >= 11 is 0. The highest BCUT2D eigenvalue weighted by atomic mass is 19.1. The third-order valence-corrected chi connectivity index (χ3v) is 3.09. The van der Waals surface area contributed by atoms with Crippen LogP contribution in [-0.4, -0.2) is 42.6 Å². The van der Waals surface area contributed by atoms with Crippen molar-refractivity contribution in [2.24, 2.45) is 0 Å². The van der Waals surface area contributed by atoms with Gasteiger partial charge in [-0.15, -0.1) is 0 Å². The molecule has 0 saturated carbocycles. The maximum Gasteiger partial charge on any atom is 0.214 e. The topological polar surface area (TPSA) is 19.4 Å². The van der Waals surface area contributed by atoms with Crippen LogP contribution in [0.3, 0.4) is 0 Å². The molecule has 0 amide bonds. The maximum absolute atomic E-state index is 13.1. The molecule has 1 aliphatic rings. The molecule has 2 heterocycles. The van der Waals surface area contributed by atoms with Crippen molar-refractivity contribution in [1.29, 1.82) is 0 Å². The lowest BCUT2D eigenvalue weighted by atomic mass is 10.2. The molecule has 1 aliphatic heterocycles. The van der Waals surface area contributed by atoms with Crippen LogP contribution in [0, 0.1) is 5.95 Å². The Balaban J connectivity index is 2.19. The molecule has 88 valence electrons. The Kier molecular flexibility index (Phi) is 3.39. The molecular weight excluding hydrogens is 205 g/mol. The van der Waals surface area contributed by atoms with E-state index in [2.05, 4.69) is 28.8 Å². The molecule has 16 heavy (non-hydrogen) atoms. The lowest BCUT2D eigenvalue weighted by molar-refractivity contribution is 0.337. The van der Waals surface area contributed by atoms with E-state index in [-0.39, 0.29) is 0 Å². The van der Waals surface area contributed by atoms with Gasteiger partial charge in [0.05, 0.1) is 0 Å². The first-order valence-electron chi connectivity index (χ1n) is 5.73. The second-order valence-corrected chi connectivity index (χ2v) is 4.49. The van der Waals surface area contributed by atoms with Crippen molar-refractivity contribution in [2.75, 3.05) is 31.6 Å². The van der Waals surface area contributed by atoms with Gasteiger partial charge in [0.25, 0.3) is 0 Å². The highest BCUT2D eigenvalue weighted by molar-refractivity contribution is 5.46. The number of halogens is 1. The zero-order valence-corrected chi connectivity index (χ0v) is 9.86. The molecule has 1 aromatic rings. The maximum atomic E-state index is 13.1. The van der Waals surface area contributed by atoms with Crippen molar-refractivity contribution in [1.82, 2.24) is 9.88 Å². The first kappa shape index (κ1) is 11.3. The van der Waals surface area contributed by atoms with Crippen LogP contribution in [0.1, 0.15) is 13.3 Å². The van der Waals surface area contributed by atoms with Crippen LogP contribution < -0.4 is 4.90 Å². The van der Waals surface area contributed by atoms with Crippen LogP contribution >= 0.6 is 0 Å². The molecule has 0 aromatic carbocycles. The molecule has 1 fully saturated rings. The predicted molar refractivity (Wildman–Crippen MR) is 63.1 cm³/mol. The van der Waals surface area contributed by atoms with Crippen LogP contribution in [0.25, 0.3) is 0 Å². The minimum atomic E-state index is -0.401. The third kappa shape index (κ3) is 2.50. The number of nitrogens with zero attached hydrogens (tertiary/aromatic N) is 3. The summed E-state index contributed by atoms with van der Waals surface area (Å²) in [6.07, 6.45) is 2.65. The molecule has 4 heteroatoms. The second kappa shape index (κ2) is 4.78. The fourth-order valence-corrected chi connectivity index (χ4v) is 2.33. The quantitative estimate of drug-likeness (QED) is 0.676. The van der Waals surface area contributed by atoms with Crippen LogP contribution in [0.5, 0.6) is 0 Å². The second-order valence-electron chi connectivity index (χ2n) is 4.49. The van der Waals surface area contributed by atoms with Crippen molar-refractivity contribution < 1.29 is 4.39 Å². The fraction of sp³-hybridized carbons (Fsp3) is 0.583. The van der Waals surface area contributed by atoms with E-state index >= 15 is 0 Å². The molecule has 2 rings (SSSR count). The zero-order valence-electron chi connectivity index (χ0n) is 9.86. The zero-order chi connectivity index (χ0) is 11.5. The number of pyridine rings is 1. The summed E-state index contributed by atoms with van der Waals surface area (Å²) < 4.78 is 13.1. The summed E-state index contributed by atoms with van der Waals surface area (Å²) in [6, 6.07) is 3.81. The summed E-state index contributed by atoms with van der Waals surface area (Å²) in [5.74, 6) is -0.401. The molecule has 0 aliphatic carbocycles. The van der Waals surface area contributed by atoms with E-state index in [1.807, 2.05) is 6.07 Å². The van der Waals surface area contributed by atoms with E-state index in [0.29, 0.717) is 6.04 Å². The average molecular weight is 223 g/mol. The average Bonchev–Trinajstić information content (AvgIpc) is 2.39. The molecule has 0 bridgehead atoms. The Labute approximate surface area is 95.9 Å². The van der Waals surface area contributed by atoms with Crippen LogP contribution in [0.4, 0.5) is 10.1 Å². The normalized spacial score (nSPS) is 23.2. The number of likely N-dealkylation sites (N-methyl/N-ethyl adjacent to an activating group) is 1. The minimum absolute atomic E-state index is 0.401. The summed E-state index contributed by atoms with van der Waals surface area (Å²) in [4.78, 5) is 8.17. The van der Waals surface area contributed by atoms with Crippen molar-refractivity contribution >= 4 is 5.69 Å². The lowest BCUT2D eigenvalue weighted by Gasteiger charge is -2.29. The number of anilines is 1. The SMILES string of the molecule is CC1CN(C)CCCN1c1ccnc(F)c1. The molecule has 1 aromatic heterocycles. The van der Waals surface area contributed by atoms with Gasteiger partial charge in [-0.05, 0) is 33.0 Å². The van der Waals surface area contributed by atoms with E-state index in [0.717, 1.165) is 31.7 Å². The van der Waals surface area contributed by atoms with E-state index in [1.54, 1.807) is 0 Å². The highest BCUT2D eigenvalue weighted by Gasteiger charge is 2.20. The van der Waals surface area contributed by atoms with Gasteiger partial charge in [0.1, 0.15) is 0 Å². The summed E-state index contributed by atoms with van der Waals surface area (Å²) in [6.45, 7) is 5.29. The molecule has 0 spiro atoms. The van der Waals surface area contributed by atoms with Gasteiger partial charge >= 0.3 is 0 Å². The van der Waals surface area contributed by atoms with Gasteiger partial charge in [-0.25, -0.2) is 4.98 Å². The summed E-state index contributed by atoms with van der Waals surface area (Å²) in [5, 5.41) is 0. The monoisotopic (exact) mass is 223 g/mol. The van der Waals surface area contributed by atoms with Gasteiger partial charge in [0.2, 0.25) is 5.95 Å². The third-order valence-electron chi connectivity index (χ3n) is 3.09. The Morgan fingerprint density at radius 3 is 3.00 bits per heavy atom. The van der Waals surface area contributed by atoms with Crippen molar-refractivity contribution in [2.45, 2.75) is 19.4 Å². The molecular formula is C12H18FN3. The van der Waals surface area contributed by atoms with E-state index in [9.17, 15) is 4.39 Å². The van der Waals surface area contributed by atoms with Crippen molar-refractivity contribution in [3.63, 3.8) is 0 Å². The number of aromatic nitrogens is 1. The number of hydrogen-bond donors (Lipinski definition) is 0. The Hall–Kier alpha value is -1.16. The summed E-state index contributed by atoms with van der Waals surface area (Å²) in [5.41, 5.74) is 0.940. The number of rotatable bonds is 1. The molecule has 0 radical (unpaired) electrons. The van der Waals surface area contributed by atoms with Crippen LogP contribution in [0.2, 0.25) is 0 Å². The number of hydrogen-bond acceptors (Lipinski definition) is 3. The van der Waals surface area contributed by atoms with Gasteiger partial charge in [-0.1, -0.05) is 0 Å². The standard InChI is InChI=1S/C12H18FN3/c1-10-9-15(2)6-3-7-16(10)11-4-5-14-12(13)8-11/h4-5,8,10H,3,6-7,9H2,1-2H3. The molecule has 0 N–H and O–H groups in total. The molecule has 1 unspecified atom stereocenters. The van der Waals surface area contributed by atoms with Crippen LogP contribution in [-0.2, 0) is 0 Å². The van der Waals surface area contributed by atoms with E-state index < -0.39 is 5.95 Å². The fourth-order valence-electron chi connectivity index (χ4n) is 2.33. The smallest absolute Gasteiger partial charge is 0.214 e. The van der Waals surface area contributed by atoms with Crippen LogP contribution in [0.15, 0.2) is 18.3 Å². The predicted octanol–water partition coefficient (Wildman–Crippen LogP) is 1.75. The van der Waals surface area contributed by atoms with Gasteiger partial charge in [-0.3, -0.25) is 0 Å². The van der Waals surface area contributed by atoms with Gasteiger partial charge in [0, 0.05) is 37.1 Å². The first-order valence-corrected chi connectivity index (χ1v) is 5.73. The van der Waals surface area contributed by atoms with Gasteiger partial charge in [-0.2, -0.15) is 4.39 Å². The first-order chi connectivity index (χ1) is 7.66. The van der Waals surface area contributed by atoms with E-state index in [1.165, 1.54) is 12.3 Å². The van der Waals surface area contributed by atoms with Crippen molar-refractivity contribution in [3.05, 3.63) is 24.3 Å². The molecule has 1 atom stereocenters. The lowest BCUT2D eigenvalue weighted by Crippen LogP contribution is -2.37. The Morgan fingerprint density at radius 2 is 2.25 bits per heavy atom. The largest absolute Gasteiger partial charge is 0.367 e. The minimum Gasteiger partial charge on any atom is -0.367 e. The molecule has 3 nitrogen and oxygen atoms in total. The Bertz CT molecular complexity index is 356.